The van der Waals surface area contributed by atoms with Crippen molar-refractivity contribution in [3.05, 3.63) is 64.7 Å². The van der Waals surface area contributed by atoms with Crippen LogP contribution in [-0.2, 0) is 0 Å². The highest BCUT2D eigenvalue weighted by Gasteiger charge is 2.10. The van der Waals surface area contributed by atoms with Crippen LogP contribution in [0.25, 0.3) is 10.6 Å². The molecule has 0 bridgehead atoms. The topological polar surface area (TPSA) is 58.0 Å². The Labute approximate surface area is 143 Å². The molecule has 0 fully saturated rings. The molecule has 0 aliphatic rings. The van der Waals surface area contributed by atoms with Gasteiger partial charge >= 0.3 is 0 Å². The van der Waals surface area contributed by atoms with E-state index in [1.807, 2.05) is 36.4 Å². The van der Waals surface area contributed by atoms with Crippen LogP contribution in [-0.4, -0.2) is 21.8 Å². The molecule has 0 aliphatic carbocycles. The summed E-state index contributed by atoms with van der Waals surface area (Å²) in [7, 11) is 0. The molecule has 0 radical (unpaired) electrons. The number of aliphatic hydroxyl groups is 1. The van der Waals surface area contributed by atoms with Crippen molar-refractivity contribution >= 4 is 28.1 Å². The van der Waals surface area contributed by atoms with Gasteiger partial charge in [-0.15, -0.1) is 10.2 Å². The first-order chi connectivity index (χ1) is 11.1. The van der Waals surface area contributed by atoms with Crippen molar-refractivity contribution in [2.75, 3.05) is 11.9 Å². The van der Waals surface area contributed by atoms with Gasteiger partial charge in [0.2, 0.25) is 5.13 Å². The summed E-state index contributed by atoms with van der Waals surface area (Å²) in [6, 6.07) is 15.3. The number of aryl methyl sites for hydroxylation is 1. The normalized spacial score (nSPS) is 12.1. The second-order valence-electron chi connectivity index (χ2n) is 5.23. The minimum Gasteiger partial charge on any atom is -0.387 e. The molecule has 4 nitrogen and oxygen atoms in total. The van der Waals surface area contributed by atoms with Gasteiger partial charge in [0.15, 0.2) is 0 Å². The highest BCUT2D eigenvalue weighted by atomic mass is 35.5. The summed E-state index contributed by atoms with van der Waals surface area (Å²) in [6.07, 6.45) is -0.626. The molecule has 2 aromatic carbocycles. The van der Waals surface area contributed by atoms with Crippen LogP contribution >= 0.6 is 22.9 Å². The molecule has 118 valence electrons. The van der Waals surface area contributed by atoms with E-state index >= 15 is 0 Å². The highest BCUT2D eigenvalue weighted by molar-refractivity contribution is 7.18. The van der Waals surface area contributed by atoms with Gasteiger partial charge in [-0.3, -0.25) is 0 Å². The van der Waals surface area contributed by atoms with Crippen LogP contribution in [0.2, 0.25) is 5.02 Å². The molecular weight excluding hydrogens is 330 g/mol. The lowest BCUT2D eigenvalue weighted by Crippen LogP contribution is -2.11. The van der Waals surface area contributed by atoms with Gasteiger partial charge in [-0.1, -0.05) is 64.9 Å². The summed E-state index contributed by atoms with van der Waals surface area (Å²) in [5.74, 6) is 0. The third kappa shape index (κ3) is 4.07. The van der Waals surface area contributed by atoms with Crippen molar-refractivity contribution in [3.8, 4) is 10.6 Å². The summed E-state index contributed by atoms with van der Waals surface area (Å²) in [4.78, 5) is 0. The number of anilines is 1. The zero-order valence-electron chi connectivity index (χ0n) is 12.5. The SMILES string of the molecule is Cc1ccc(-c2nnc(NC[C@H](O)c3ccc(Cl)cc3)s2)cc1. The van der Waals surface area contributed by atoms with Gasteiger partial charge in [-0.05, 0) is 24.6 Å². The van der Waals surface area contributed by atoms with Crippen LogP contribution in [0.3, 0.4) is 0 Å². The zero-order chi connectivity index (χ0) is 16.2. The molecule has 0 saturated carbocycles. The maximum Gasteiger partial charge on any atom is 0.206 e. The van der Waals surface area contributed by atoms with Crippen LogP contribution in [0.15, 0.2) is 48.5 Å². The van der Waals surface area contributed by atoms with E-state index in [1.165, 1.54) is 16.9 Å². The number of aromatic nitrogens is 2. The van der Waals surface area contributed by atoms with E-state index in [2.05, 4.69) is 22.4 Å². The van der Waals surface area contributed by atoms with Crippen LogP contribution in [0.1, 0.15) is 17.2 Å². The van der Waals surface area contributed by atoms with E-state index in [0.29, 0.717) is 16.7 Å². The molecule has 2 N–H and O–H groups in total. The Kier molecular flexibility index (Phi) is 4.91. The fourth-order valence-electron chi connectivity index (χ4n) is 2.09. The van der Waals surface area contributed by atoms with E-state index in [9.17, 15) is 5.11 Å². The molecule has 0 aliphatic heterocycles. The molecule has 3 aromatic rings. The van der Waals surface area contributed by atoms with Gasteiger partial charge in [-0.2, -0.15) is 0 Å². The first-order valence-electron chi connectivity index (χ1n) is 7.20. The lowest BCUT2D eigenvalue weighted by atomic mass is 10.1. The maximum absolute atomic E-state index is 10.2. The smallest absolute Gasteiger partial charge is 0.206 e. The van der Waals surface area contributed by atoms with E-state index in [-0.39, 0.29) is 0 Å². The number of benzene rings is 2. The van der Waals surface area contributed by atoms with Gasteiger partial charge in [0, 0.05) is 17.1 Å². The third-order valence-corrected chi connectivity index (χ3v) is 4.61. The fourth-order valence-corrected chi connectivity index (χ4v) is 2.98. The van der Waals surface area contributed by atoms with E-state index in [4.69, 9.17) is 11.6 Å². The Morgan fingerprint density at radius 1 is 1.09 bits per heavy atom. The van der Waals surface area contributed by atoms with Gasteiger partial charge in [0.05, 0.1) is 6.10 Å². The third-order valence-electron chi connectivity index (χ3n) is 3.42. The Balaban J connectivity index is 1.63. The predicted molar refractivity (Wildman–Crippen MR) is 95.0 cm³/mol. The second-order valence-corrected chi connectivity index (χ2v) is 6.64. The first kappa shape index (κ1) is 15.9. The molecule has 0 spiro atoms. The van der Waals surface area contributed by atoms with Gasteiger partial charge in [-0.25, -0.2) is 0 Å². The lowest BCUT2D eigenvalue weighted by Gasteiger charge is -2.11. The van der Waals surface area contributed by atoms with Crippen molar-refractivity contribution in [1.82, 2.24) is 10.2 Å². The summed E-state index contributed by atoms with van der Waals surface area (Å²) in [5, 5.41) is 23.8. The Morgan fingerprint density at radius 3 is 2.48 bits per heavy atom. The zero-order valence-corrected chi connectivity index (χ0v) is 14.1. The molecular formula is C17H16ClN3OS. The van der Waals surface area contributed by atoms with Gasteiger partial charge in [0.1, 0.15) is 5.01 Å². The minimum absolute atomic E-state index is 0.365. The summed E-state index contributed by atoms with van der Waals surface area (Å²) in [6.45, 7) is 2.42. The number of nitrogens with zero attached hydrogens (tertiary/aromatic N) is 2. The van der Waals surface area contributed by atoms with Crippen LogP contribution in [0.5, 0.6) is 0 Å². The van der Waals surface area contributed by atoms with Crippen molar-refractivity contribution in [1.29, 1.82) is 0 Å². The predicted octanol–water partition coefficient (Wildman–Crippen LogP) is 4.31. The first-order valence-corrected chi connectivity index (χ1v) is 8.39. The summed E-state index contributed by atoms with van der Waals surface area (Å²) >= 11 is 7.31. The molecule has 1 heterocycles. The van der Waals surface area contributed by atoms with Gasteiger partial charge in [0.25, 0.3) is 0 Å². The van der Waals surface area contributed by atoms with E-state index in [1.54, 1.807) is 12.1 Å². The summed E-state index contributed by atoms with van der Waals surface area (Å²) < 4.78 is 0. The molecule has 0 unspecified atom stereocenters. The average molecular weight is 346 g/mol. The molecule has 0 saturated heterocycles. The molecule has 3 rings (SSSR count). The summed E-state index contributed by atoms with van der Waals surface area (Å²) in [5.41, 5.74) is 3.06. The molecule has 1 atom stereocenters. The monoisotopic (exact) mass is 345 g/mol. The number of halogens is 1. The number of hydrogen-bond acceptors (Lipinski definition) is 5. The van der Waals surface area contributed by atoms with Crippen molar-refractivity contribution in [2.45, 2.75) is 13.0 Å². The van der Waals surface area contributed by atoms with Gasteiger partial charge < -0.3 is 10.4 Å². The Morgan fingerprint density at radius 2 is 1.78 bits per heavy atom. The van der Waals surface area contributed by atoms with E-state index < -0.39 is 6.10 Å². The molecule has 0 amide bonds. The highest BCUT2D eigenvalue weighted by Crippen LogP contribution is 2.27. The lowest BCUT2D eigenvalue weighted by molar-refractivity contribution is 0.191. The molecule has 23 heavy (non-hydrogen) atoms. The van der Waals surface area contributed by atoms with Crippen molar-refractivity contribution in [3.63, 3.8) is 0 Å². The number of nitrogens with one attached hydrogen (secondary N) is 1. The van der Waals surface area contributed by atoms with Crippen LogP contribution in [0.4, 0.5) is 5.13 Å². The fraction of sp³-hybridized carbons (Fsp3) is 0.176. The Bertz CT molecular complexity index is 771. The minimum atomic E-state index is -0.626. The van der Waals surface area contributed by atoms with Crippen molar-refractivity contribution in [2.24, 2.45) is 0 Å². The number of rotatable bonds is 5. The second kappa shape index (κ2) is 7.08. The molecule has 1 aromatic heterocycles. The number of aliphatic hydroxyl groups excluding tert-OH is 1. The standard InChI is InChI=1S/C17H16ClN3OS/c1-11-2-4-13(5-3-11)16-20-21-17(23-16)19-10-15(22)12-6-8-14(18)9-7-12/h2-9,15,22H,10H2,1H3,(H,19,21)/t15-/m0/s1. The maximum atomic E-state index is 10.2. The van der Waals surface area contributed by atoms with Crippen molar-refractivity contribution < 1.29 is 5.11 Å². The molecule has 6 heteroatoms. The van der Waals surface area contributed by atoms with Crippen LogP contribution < -0.4 is 5.32 Å². The quantitative estimate of drug-likeness (QED) is 0.723. The Hall–Kier alpha value is -1.95. The van der Waals surface area contributed by atoms with Crippen LogP contribution in [0, 0.1) is 6.92 Å². The number of hydrogen-bond donors (Lipinski definition) is 2. The average Bonchev–Trinajstić information content (AvgIpc) is 3.03. The largest absolute Gasteiger partial charge is 0.387 e. The van der Waals surface area contributed by atoms with E-state index in [0.717, 1.165) is 16.1 Å².